The molecule has 3 saturated carbocycles. The Bertz CT molecular complexity index is 630. The van der Waals surface area contributed by atoms with E-state index in [2.05, 4.69) is 10.3 Å². The normalized spacial score (nSPS) is 27.8. The van der Waals surface area contributed by atoms with E-state index in [1.165, 1.54) is 19.3 Å². The van der Waals surface area contributed by atoms with Crippen LogP contribution in [0, 0.1) is 11.7 Å². The lowest BCUT2D eigenvalue weighted by Crippen LogP contribution is -2.59. The second-order valence-electron chi connectivity index (χ2n) is 5.91. The van der Waals surface area contributed by atoms with Gasteiger partial charge in [0.15, 0.2) is 0 Å². The van der Waals surface area contributed by atoms with Crippen molar-refractivity contribution in [2.45, 2.75) is 38.1 Å². The third-order valence-corrected chi connectivity index (χ3v) is 4.72. The van der Waals surface area contributed by atoms with E-state index in [1.807, 2.05) is 29.9 Å². The molecule has 1 aromatic heterocycles. The SMILES string of the molecule is CCc1ccc(-c2cn(C34CC(C3)C4)nn2)cc1F. The molecule has 19 heavy (non-hydrogen) atoms. The number of halogens is 1. The Morgan fingerprint density at radius 1 is 1.37 bits per heavy atom. The van der Waals surface area contributed by atoms with Gasteiger partial charge in [0.1, 0.15) is 11.5 Å². The first kappa shape index (κ1) is 11.1. The van der Waals surface area contributed by atoms with Crippen LogP contribution < -0.4 is 0 Å². The first-order valence-electron chi connectivity index (χ1n) is 6.92. The molecule has 2 aromatic rings. The first-order valence-corrected chi connectivity index (χ1v) is 6.92. The van der Waals surface area contributed by atoms with Gasteiger partial charge in [0, 0.05) is 5.56 Å². The molecule has 3 aliphatic rings. The highest BCUT2D eigenvalue weighted by molar-refractivity contribution is 5.58. The maximum atomic E-state index is 13.8. The zero-order valence-corrected chi connectivity index (χ0v) is 10.9. The molecule has 0 spiro atoms. The fourth-order valence-corrected chi connectivity index (χ4v) is 3.33. The van der Waals surface area contributed by atoms with Gasteiger partial charge in [-0.15, -0.1) is 5.10 Å². The summed E-state index contributed by atoms with van der Waals surface area (Å²) in [7, 11) is 0. The molecule has 3 aliphatic carbocycles. The lowest BCUT2D eigenvalue weighted by molar-refractivity contribution is -0.0988. The molecule has 0 aliphatic heterocycles. The van der Waals surface area contributed by atoms with E-state index in [0.29, 0.717) is 6.42 Å². The van der Waals surface area contributed by atoms with Gasteiger partial charge in [-0.1, -0.05) is 24.3 Å². The highest BCUT2D eigenvalue weighted by atomic mass is 19.1. The minimum absolute atomic E-state index is 0.153. The maximum absolute atomic E-state index is 13.8. The Kier molecular flexibility index (Phi) is 2.14. The molecular weight excluding hydrogens is 241 g/mol. The van der Waals surface area contributed by atoms with Gasteiger partial charge in [-0.3, -0.25) is 0 Å². The summed E-state index contributed by atoms with van der Waals surface area (Å²) in [6.07, 6.45) is 6.38. The fraction of sp³-hybridized carbons (Fsp3) is 0.467. The van der Waals surface area contributed by atoms with Gasteiger partial charge in [-0.2, -0.15) is 0 Å². The second-order valence-corrected chi connectivity index (χ2v) is 5.91. The summed E-state index contributed by atoms with van der Waals surface area (Å²) in [6.45, 7) is 1.96. The predicted molar refractivity (Wildman–Crippen MR) is 70.1 cm³/mol. The third kappa shape index (κ3) is 1.49. The van der Waals surface area contributed by atoms with E-state index in [0.717, 1.165) is 22.7 Å². The lowest BCUT2D eigenvalue weighted by Gasteiger charge is -2.61. The fourth-order valence-electron chi connectivity index (χ4n) is 3.33. The van der Waals surface area contributed by atoms with Crippen LogP contribution in [0.5, 0.6) is 0 Å². The van der Waals surface area contributed by atoms with Gasteiger partial charge in [0.2, 0.25) is 0 Å². The van der Waals surface area contributed by atoms with E-state index in [-0.39, 0.29) is 11.4 Å². The average Bonchev–Trinajstić information content (AvgIpc) is 2.74. The minimum atomic E-state index is -0.153. The van der Waals surface area contributed by atoms with Crippen LogP contribution in [0.25, 0.3) is 11.3 Å². The number of hydrogen-bond donors (Lipinski definition) is 0. The highest BCUT2D eigenvalue weighted by Gasteiger charge is 2.58. The van der Waals surface area contributed by atoms with Crippen LogP contribution in [0.1, 0.15) is 31.7 Å². The van der Waals surface area contributed by atoms with E-state index < -0.39 is 0 Å². The Morgan fingerprint density at radius 3 is 2.74 bits per heavy atom. The zero-order valence-electron chi connectivity index (χ0n) is 10.9. The van der Waals surface area contributed by atoms with Crippen LogP contribution in [-0.2, 0) is 12.0 Å². The van der Waals surface area contributed by atoms with Crippen LogP contribution in [0.4, 0.5) is 4.39 Å². The molecule has 1 heterocycles. The van der Waals surface area contributed by atoms with Crippen LogP contribution in [0.3, 0.4) is 0 Å². The number of rotatable bonds is 3. The molecule has 0 N–H and O–H groups in total. The summed E-state index contributed by atoms with van der Waals surface area (Å²) in [5.41, 5.74) is 2.58. The molecule has 0 radical (unpaired) electrons. The maximum Gasteiger partial charge on any atom is 0.127 e. The summed E-state index contributed by atoms with van der Waals surface area (Å²) >= 11 is 0. The standard InChI is InChI=1S/C15H16FN3/c1-2-11-3-4-12(5-13(11)16)14-9-19(18-17-14)15-6-10(7-15)8-15/h3-5,9-10H,2,6-8H2,1H3. The van der Waals surface area contributed by atoms with Gasteiger partial charge >= 0.3 is 0 Å². The smallest absolute Gasteiger partial charge is 0.127 e. The monoisotopic (exact) mass is 257 g/mol. The van der Waals surface area contributed by atoms with Gasteiger partial charge < -0.3 is 0 Å². The quantitative estimate of drug-likeness (QED) is 0.845. The van der Waals surface area contributed by atoms with Crippen molar-refractivity contribution < 1.29 is 4.39 Å². The van der Waals surface area contributed by atoms with Crippen molar-refractivity contribution in [3.63, 3.8) is 0 Å². The number of nitrogens with zero attached hydrogens (tertiary/aromatic N) is 3. The second kappa shape index (κ2) is 3.65. The molecule has 0 atom stereocenters. The van der Waals surface area contributed by atoms with Gasteiger partial charge in [0.05, 0.1) is 11.7 Å². The first-order chi connectivity index (χ1) is 9.20. The van der Waals surface area contributed by atoms with Crippen molar-refractivity contribution in [3.05, 3.63) is 35.8 Å². The van der Waals surface area contributed by atoms with Crippen molar-refractivity contribution in [2.24, 2.45) is 5.92 Å². The van der Waals surface area contributed by atoms with Crippen LogP contribution >= 0.6 is 0 Å². The molecule has 2 bridgehead atoms. The summed E-state index contributed by atoms with van der Waals surface area (Å²) in [4.78, 5) is 0. The topological polar surface area (TPSA) is 30.7 Å². The number of aromatic nitrogens is 3. The number of aryl methyl sites for hydroxylation is 1. The average molecular weight is 257 g/mol. The van der Waals surface area contributed by atoms with E-state index in [1.54, 1.807) is 6.07 Å². The van der Waals surface area contributed by atoms with Crippen molar-refractivity contribution in [1.29, 1.82) is 0 Å². The molecule has 0 unspecified atom stereocenters. The van der Waals surface area contributed by atoms with E-state index >= 15 is 0 Å². The van der Waals surface area contributed by atoms with Crippen molar-refractivity contribution in [3.8, 4) is 11.3 Å². The van der Waals surface area contributed by atoms with Gasteiger partial charge in [-0.05, 0) is 43.2 Å². The van der Waals surface area contributed by atoms with Crippen molar-refractivity contribution in [1.82, 2.24) is 15.0 Å². The molecular formula is C15H16FN3. The third-order valence-electron chi connectivity index (χ3n) is 4.72. The summed E-state index contributed by atoms with van der Waals surface area (Å²) in [6, 6.07) is 5.33. The largest absolute Gasteiger partial charge is 0.246 e. The summed E-state index contributed by atoms with van der Waals surface area (Å²) < 4.78 is 15.8. The molecule has 1 aromatic carbocycles. The molecule has 98 valence electrons. The van der Waals surface area contributed by atoms with Gasteiger partial charge in [0.25, 0.3) is 0 Å². The number of hydrogen-bond acceptors (Lipinski definition) is 2. The molecule has 0 amide bonds. The Morgan fingerprint density at radius 2 is 2.16 bits per heavy atom. The summed E-state index contributed by atoms with van der Waals surface area (Å²) in [5.74, 6) is 0.758. The molecule has 0 saturated heterocycles. The van der Waals surface area contributed by atoms with Crippen LogP contribution in [0.15, 0.2) is 24.4 Å². The van der Waals surface area contributed by atoms with Crippen molar-refractivity contribution in [2.75, 3.05) is 0 Å². The lowest BCUT2D eigenvalue weighted by atomic mass is 9.50. The Hall–Kier alpha value is -1.71. The van der Waals surface area contributed by atoms with Crippen LogP contribution in [-0.4, -0.2) is 15.0 Å². The van der Waals surface area contributed by atoms with E-state index in [9.17, 15) is 4.39 Å². The molecule has 4 heteroatoms. The van der Waals surface area contributed by atoms with Crippen molar-refractivity contribution >= 4 is 0 Å². The molecule has 5 rings (SSSR count). The van der Waals surface area contributed by atoms with Gasteiger partial charge in [-0.25, -0.2) is 9.07 Å². The summed E-state index contributed by atoms with van der Waals surface area (Å²) in [5, 5.41) is 8.44. The predicted octanol–water partition coefficient (Wildman–Crippen LogP) is 3.16. The molecule has 3 nitrogen and oxygen atoms in total. The minimum Gasteiger partial charge on any atom is -0.246 e. The zero-order chi connectivity index (χ0) is 13.0. The number of benzene rings is 1. The Balaban J connectivity index is 1.67. The highest BCUT2D eigenvalue weighted by Crippen LogP contribution is 2.61. The van der Waals surface area contributed by atoms with E-state index in [4.69, 9.17) is 0 Å². The molecule has 3 fully saturated rings. The van der Waals surface area contributed by atoms with Crippen LogP contribution in [0.2, 0.25) is 0 Å². The Labute approximate surface area is 111 Å².